The summed E-state index contributed by atoms with van der Waals surface area (Å²) in [7, 11) is 0. The molecule has 1 heterocycles. The third-order valence-electron chi connectivity index (χ3n) is 3.65. The van der Waals surface area contributed by atoms with Gasteiger partial charge >= 0.3 is 6.18 Å². The zero-order valence-corrected chi connectivity index (χ0v) is 13.0. The van der Waals surface area contributed by atoms with Crippen LogP contribution in [0, 0.1) is 5.92 Å². The van der Waals surface area contributed by atoms with Gasteiger partial charge in [0.2, 0.25) is 0 Å². The molecule has 22 heavy (non-hydrogen) atoms. The molecule has 0 radical (unpaired) electrons. The van der Waals surface area contributed by atoms with Crippen molar-refractivity contribution in [1.82, 2.24) is 5.32 Å². The molecule has 0 unspecified atom stereocenters. The Morgan fingerprint density at radius 2 is 2.18 bits per heavy atom. The molecular formula is C15H19ClF3NO2. The molecule has 3 nitrogen and oxygen atoms in total. The summed E-state index contributed by atoms with van der Waals surface area (Å²) in [5.74, 6) is -0.122. The minimum absolute atomic E-state index is 0.117. The molecule has 0 bridgehead atoms. The second kappa shape index (κ2) is 7.53. The fourth-order valence-electron chi connectivity index (χ4n) is 2.54. The van der Waals surface area contributed by atoms with Crippen molar-refractivity contribution in [3.8, 4) is 5.75 Å². The van der Waals surface area contributed by atoms with Crippen molar-refractivity contribution in [1.29, 1.82) is 0 Å². The molecule has 1 aliphatic heterocycles. The molecule has 1 aromatic rings. The van der Waals surface area contributed by atoms with E-state index in [0.717, 1.165) is 13.0 Å². The molecule has 1 saturated heterocycles. The summed E-state index contributed by atoms with van der Waals surface area (Å²) >= 11 is 5.72. The quantitative estimate of drug-likeness (QED) is 0.857. The summed E-state index contributed by atoms with van der Waals surface area (Å²) in [5, 5.41) is 2.83. The zero-order valence-electron chi connectivity index (χ0n) is 12.3. The van der Waals surface area contributed by atoms with E-state index in [4.69, 9.17) is 21.1 Å². The van der Waals surface area contributed by atoms with E-state index in [1.54, 1.807) is 0 Å². The van der Waals surface area contributed by atoms with Gasteiger partial charge in [0.1, 0.15) is 17.4 Å². The van der Waals surface area contributed by atoms with Gasteiger partial charge in [-0.25, -0.2) is 0 Å². The second-order valence-corrected chi connectivity index (χ2v) is 5.59. The smallest absolute Gasteiger partial charge is 0.421 e. The van der Waals surface area contributed by atoms with Crippen LogP contribution in [0.3, 0.4) is 0 Å². The van der Waals surface area contributed by atoms with E-state index in [1.807, 2.05) is 6.92 Å². The summed E-state index contributed by atoms with van der Waals surface area (Å²) in [6, 6.07) is 3.97. The fraction of sp³-hybridized carbons (Fsp3) is 0.600. The molecule has 1 aliphatic rings. The van der Waals surface area contributed by atoms with E-state index < -0.39 is 17.8 Å². The molecule has 1 fully saturated rings. The van der Waals surface area contributed by atoms with E-state index in [0.29, 0.717) is 13.2 Å². The highest BCUT2D eigenvalue weighted by molar-refractivity contribution is 6.31. The van der Waals surface area contributed by atoms with Crippen molar-refractivity contribution in [2.75, 3.05) is 26.3 Å². The lowest BCUT2D eigenvalue weighted by molar-refractivity contribution is -0.139. The second-order valence-electron chi connectivity index (χ2n) is 5.18. The fourth-order valence-corrected chi connectivity index (χ4v) is 2.81. The monoisotopic (exact) mass is 337 g/mol. The minimum Gasteiger partial charge on any atom is -0.487 e. The number of nitrogens with one attached hydrogen (secondary N) is 1. The van der Waals surface area contributed by atoms with Crippen LogP contribution in [0.25, 0.3) is 0 Å². The first-order chi connectivity index (χ1) is 10.4. The first-order valence-electron chi connectivity index (χ1n) is 7.24. The summed E-state index contributed by atoms with van der Waals surface area (Å²) in [5.41, 5.74) is -0.927. The van der Waals surface area contributed by atoms with Gasteiger partial charge in [-0.3, -0.25) is 0 Å². The van der Waals surface area contributed by atoms with E-state index in [2.05, 4.69) is 5.32 Å². The number of halogens is 4. The lowest BCUT2D eigenvalue weighted by atomic mass is 10.0. The summed E-state index contributed by atoms with van der Waals surface area (Å²) in [6.45, 7) is 4.12. The number of alkyl halides is 3. The normalized spacial score (nSPS) is 20.1. The number of hydrogen-bond donors (Lipinski definition) is 1. The summed E-state index contributed by atoms with van der Waals surface area (Å²) in [6.07, 6.45) is -4.15. The van der Waals surface area contributed by atoms with Crippen LogP contribution >= 0.6 is 11.6 Å². The van der Waals surface area contributed by atoms with Gasteiger partial charge < -0.3 is 14.8 Å². The Balaban J connectivity index is 2.23. The van der Waals surface area contributed by atoms with Crippen LogP contribution in [0.1, 0.15) is 18.9 Å². The number of ether oxygens (including phenoxy) is 2. The highest BCUT2D eigenvalue weighted by atomic mass is 35.5. The standard InChI is InChI=1S/C15H19ClF3NO2/c1-2-21-9-13(10-6-7-20-8-10)22-12-5-3-4-11(16)14(12)15(17,18)19/h3-5,10,13,20H,2,6-9H2,1H3/t10-,13-/m0/s1. The lowest BCUT2D eigenvalue weighted by Gasteiger charge is -2.26. The van der Waals surface area contributed by atoms with Gasteiger partial charge in [-0.1, -0.05) is 17.7 Å². The average Bonchev–Trinajstić information content (AvgIpc) is 2.96. The molecular weight excluding hydrogens is 319 g/mol. The Labute approximate surface area is 132 Å². The maximum Gasteiger partial charge on any atom is 0.421 e. The molecule has 0 aliphatic carbocycles. The van der Waals surface area contributed by atoms with Gasteiger partial charge in [0.15, 0.2) is 0 Å². The van der Waals surface area contributed by atoms with Crippen molar-refractivity contribution in [3.63, 3.8) is 0 Å². The molecule has 2 rings (SSSR count). The van der Waals surface area contributed by atoms with Crippen molar-refractivity contribution >= 4 is 11.6 Å². The summed E-state index contributed by atoms with van der Waals surface area (Å²) in [4.78, 5) is 0. The van der Waals surface area contributed by atoms with Gasteiger partial charge in [-0.2, -0.15) is 13.2 Å². The van der Waals surface area contributed by atoms with E-state index in [1.165, 1.54) is 18.2 Å². The molecule has 2 atom stereocenters. The van der Waals surface area contributed by atoms with Crippen LogP contribution in [0.4, 0.5) is 13.2 Å². The Hall–Kier alpha value is -0.980. The largest absolute Gasteiger partial charge is 0.487 e. The highest BCUT2D eigenvalue weighted by Gasteiger charge is 2.38. The van der Waals surface area contributed by atoms with Crippen LogP contribution in [0.5, 0.6) is 5.75 Å². The van der Waals surface area contributed by atoms with Gasteiger partial charge in [0.05, 0.1) is 11.6 Å². The van der Waals surface area contributed by atoms with Crippen LogP contribution in [0.15, 0.2) is 18.2 Å². The average molecular weight is 338 g/mol. The molecule has 124 valence electrons. The van der Waals surface area contributed by atoms with Crippen LogP contribution in [-0.4, -0.2) is 32.4 Å². The minimum atomic E-state index is -4.56. The number of benzene rings is 1. The molecule has 0 amide bonds. The third kappa shape index (κ3) is 4.27. The number of hydrogen-bond acceptors (Lipinski definition) is 3. The SMILES string of the molecule is CCOC[C@H](Oc1cccc(Cl)c1C(F)(F)F)[C@H]1CCNC1. The van der Waals surface area contributed by atoms with Crippen LogP contribution in [-0.2, 0) is 10.9 Å². The first kappa shape index (κ1) is 17.4. The first-order valence-corrected chi connectivity index (χ1v) is 7.62. The Morgan fingerprint density at radius 1 is 1.41 bits per heavy atom. The van der Waals surface area contributed by atoms with Gasteiger partial charge in [0, 0.05) is 19.1 Å². The van der Waals surface area contributed by atoms with E-state index in [9.17, 15) is 13.2 Å². The van der Waals surface area contributed by atoms with Crippen molar-refractivity contribution in [3.05, 3.63) is 28.8 Å². The lowest BCUT2D eigenvalue weighted by Crippen LogP contribution is -2.34. The topological polar surface area (TPSA) is 30.5 Å². The van der Waals surface area contributed by atoms with Crippen molar-refractivity contribution in [2.24, 2.45) is 5.92 Å². The zero-order chi connectivity index (χ0) is 16.2. The molecule has 7 heteroatoms. The van der Waals surface area contributed by atoms with E-state index >= 15 is 0 Å². The molecule has 0 aromatic heterocycles. The highest BCUT2D eigenvalue weighted by Crippen LogP contribution is 2.41. The maximum absolute atomic E-state index is 13.2. The molecule has 1 aromatic carbocycles. The van der Waals surface area contributed by atoms with Crippen molar-refractivity contribution < 1.29 is 22.6 Å². The Kier molecular flexibility index (Phi) is 5.94. The van der Waals surface area contributed by atoms with Crippen LogP contribution < -0.4 is 10.1 Å². The Bertz CT molecular complexity index is 490. The predicted octanol–water partition coefficient (Wildman–Crippen LogP) is 3.75. The van der Waals surface area contributed by atoms with Crippen LogP contribution in [0.2, 0.25) is 5.02 Å². The third-order valence-corrected chi connectivity index (χ3v) is 3.96. The van der Waals surface area contributed by atoms with Gasteiger partial charge in [-0.15, -0.1) is 0 Å². The maximum atomic E-state index is 13.2. The van der Waals surface area contributed by atoms with E-state index in [-0.39, 0.29) is 23.3 Å². The molecule has 0 spiro atoms. The number of rotatable bonds is 6. The molecule has 1 N–H and O–H groups in total. The Morgan fingerprint density at radius 3 is 2.77 bits per heavy atom. The summed E-state index contributed by atoms with van der Waals surface area (Å²) < 4.78 is 50.6. The van der Waals surface area contributed by atoms with Gasteiger partial charge in [-0.05, 0) is 32.0 Å². The van der Waals surface area contributed by atoms with Crippen molar-refractivity contribution in [2.45, 2.75) is 25.6 Å². The van der Waals surface area contributed by atoms with Gasteiger partial charge in [0.25, 0.3) is 0 Å². The predicted molar refractivity (Wildman–Crippen MR) is 78.3 cm³/mol. The molecule has 0 saturated carbocycles.